The molecule has 2 unspecified atom stereocenters. The first-order valence-electron chi connectivity index (χ1n) is 4.22. The van der Waals surface area contributed by atoms with E-state index in [9.17, 15) is 4.79 Å². The minimum atomic E-state index is -0.333. The van der Waals surface area contributed by atoms with Gasteiger partial charge < -0.3 is 10.1 Å². The van der Waals surface area contributed by atoms with Crippen molar-refractivity contribution < 1.29 is 9.53 Å². The van der Waals surface area contributed by atoms with Crippen molar-refractivity contribution in [2.75, 3.05) is 13.7 Å². The molecule has 3 heteroatoms. The molecule has 0 bridgehead atoms. The number of hydrogen-bond donors (Lipinski definition) is 1. The van der Waals surface area contributed by atoms with Crippen LogP contribution in [0.2, 0.25) is 0 Å². The van der Waals surface area contributed by atoms with Crippen LogP contribution in [-0.4, -0.2) is 25.7 Å². The Balaban J connectivity index is 4.25. The third-order valence-electron chi connectivity index (χ3n) is 1.83. The lowest BCUT2D eigenvalue weighted by atomic mass is 10.0. The number of ether oxygens (including phenoxy) is 1. The molecule has 0 aromatic carbocycles. The van der Waals surface area contributed by atoms with Gasteiger partial charge in [-0.1, -0.05) is 19.1 Å². The molecule has 0 aromatic rings. The Bertz CT molecular complexity index is 189. The monoisotopic (exact) mass is 183 g/mol. The second-order valence-electron chi connectivity index (χ2n) is 2.79. The average molecular weight is 183 g/mol. The molecule has 0 saturated carbocycles. The van der Waals surface area contributed by atoms with Crippen LogP contribution in [0.25, 0.3) is 0 Å². The van der Waals surface area contributed by atoms with Crippen molar-refractivity contribution in [2.24, 2.45) is 5.92 Å². The van der Waals surface area contributed by atoms with Crippen LogP contribution >= 0.6 is 0 Å². The predicted molar refractivity (Wildman–Crippen MR) is 53.4 cm³/mol. The van der Waals surface area contributed by atoms with E-state index < -0.39 is 0 Å². The molecular weight excluding hydrogens is 166 g/mol. The van der Waals surface area contributed by atoms with E-state index in [0.29, 0.717) is 6.54 Å². The zero-order valence-corrected chi connectivity index (χ0v) is 8.25. The summed E-state index contributed by atoms with van der Waals surface area (Å²) < 4.78 is 4.65. The Morgan fingerprint density at radius 3 is 2.62 bits per heavy atom. The van der Waals surface area contributed by atoms with E-state index in [0.717, 1.165) is 0 Å². The number of hydrogen-bond acceptors (Lipinski definition) is 3. The van der Waals surface area contributed by atoms with E-state index in [1.807, 2.05) is 6.92 Å². The predicted octanol–water partition coefficient (Wildman–Crippen LogP) is 1.13. The zero-order valence-electron chi connectivity index (χ0n) is 8.25. The van der Waals surface area contributed by atoms with Gasteiger partial charge in [-0.15, -0.1) is 13.2 Å². The largest absolute Gasteiger partial charge is 0.468 e. The van der Waals surface area contributed by atoms with Crippen molar-refractivity contribution in [1.29, 1.82) is 0 Å². The molecule has 0 aliphatic rings. The number of methoxy groups -OCH3 is 1. The van der Waals surface area contributed by atoms with E-state index >= 15 is 0 Å². The van der Waals surface area contributed by atoms with Gasteiger partial charge >= 0.3 is 5.97 Å². The Morgan fingerprint density at radius 2 is 2.23 bits per heavy atom. The van der Waals surface area contributed by atoms with Gasteiger partial charge in [-0.3, -0.25) is 4.79 Å². The Kier molecular flexibility index (Phi) is 5.89. The second-order valence-corrected chi connectivity index (χ2v) is 2.79. The highest BCUT2D eigenvalue weighted by molar-refractivity contribution is 5.76. The summed E-state index contributed by atoms with van der Waals surface area (Å²) in [6.45, 7) is 9.68. The normalized spacial score (nSPS) is 14.3. The quantitative estimate of drug-likeness (QED) is 0.495. The highest BCUT2D eigenvalue weighted by Gasteiger charge is 2.22. The smallest absolute Gasteiger partial charge is 0.323 e. The molecule has 0 saturated heterocycles. The molecule has 13 heavy (non-hydrogen) atoms. The Labute approximate surface area is 79.5 Å². The maximum absolute atomic E-state index is 11.3. The van der Waals surface area contributed by atoms with Crippen molar-refractivity contribution >= 4 is 5.97 Å². The van der Waals surface area contributed by atoms with Gasteiger partial charge in [0.2, 0.25) is 0 Å². The Morgan fingerprint density at radius 1 is 1.62 bits per heavy atom. The van der Waals surface area contributed by atoms with Gasteiger partial charge in [0.15, 0.2) is 0 Å². The van der Waals surface area contributed by atoms with Crippen LogP contribution in [0.1, 0.15) is 6.92 Å². The summed E-state index contributed by atoms with van der Waals surface area (Å²) in [6.07, 6.45) is 3.42. The number of carbonyl (C=O) groups is 1. The number of carbonyl (C=O) groups excluding carboxylic acids is 1. The van der Waals surface area contributed by atoms with Crippen LogP contribution in [0.15, 0.2) is 25.3 Å². The lowest BCUT2D eigenvalue weighted by Gasteiger charge is -2.19. The fraction of sp³-hybridized carbons (Fsp3) is 0.500. The van der Waals surface area contributed by atoms with Gasteiger partial charge in [0.25, 0.3) is 0 Å². The first-order chi connectivity index (χ1) is 6.17. The summed E-state index contributed by atoms with van der Waals surface area (Å²) in [4.78, 5) is 11.3. The topological polar surface area (TPSA) is 38.3 Å². The van der Waals surface area contributed by atoms with Gasteiger partial charge in [-0.25, -0.2) is 0 Å². The van der Waals surface area contributed by atoms with E-state index in [1.165, 1.54) is 7.11 Å². The number of esters is 1. The van der Waals surface area contributed by atoms with Crippen molar-refractivity contribution in [3.8, 4) is 0 Å². The molecule has 0 radical (unpaired) electrons. The standard InChI is InChI=1S/C10H17NO2/c1-5-7-11-9(8(3)6-2)10(12)13-4/h5-6,8-9,11H,1-2,7H2,3-4H3. The molecule has 0 aromatic heterocycles. The van der Waals surface area contributed by atoms with Crippen LogP contribution in [-0.2, 0) is 9.53 Å². The van der Waals surface area contributed by atoms with E-state index in [2.05, 4.69) is 23.2 Å². The molecular formula is C10H17NO2. The molecule has 1 N–H and O–H groups in total. The van der Waals surface area contributed by atoms with Crippen LogP contribution in [0.3, 0.4) is 0 Å². The van der Waals surface area contributed by atoms with Crippen LogP contribution in [0, 0.1) is 5.92 Å². The SMILES string of the molecule is C=CCNC(C(=O)OC)C(C)C=C. The fourth-order valence-electron chi connectivity index (χ4n) is 0.957. The van der Waals surface area contributed by atoms with Crippen molar-refractivity contribution in [3.05, 3.63) is 25.3 Å². The minimum absolute atomic E-state index is 0.0485. The third kappa shape index (κ3) is 3.90. The number of nitrogens with one attached hydrogen (secondary N) is 1. The third-order valence-corrected chi connectivity index (χ3v) is 1.83. The van der Waals surface area contributed by atoms with Gasteiger partial charge in [0.1, 0.15) is 6.04 Å². The maximum atomic E-state index is 11.3. The minimum Gasteiger partial charge on any atom is -0.468 e. The molecule has 0 spiro atoms. The van der Waals surface area contributed by atoms with E-state index in [1.54, 1.807) is 12.2 Å². The summed E-state index contributed by atoms with van der Waals surface area (Å²) in [5.41, 5.74) is 0. The molecule has 0 rings (SSSR count). The van der Waals surface area contributed by atoms with E-state index in [4.69, 9.17) is 0 Å². The number of rotatable bonds is 6. The molecule has 2 atom stereocenters. The summed E-state index contributed by atoms with van der Waals surface area (Å²) in [5.74, 6) is -0.221. The van der Waals surface area contributed by atoms with Gasteiger partial charge in [-0.05, 0) is 5.92 Å². The fourth-order valence-corrected chi connectivity index (χ4v) is 0.957. The maximum Gasteiger partial charge on any atom is 0.323 e. The molecule has 3 nitrogen and oxygen atoms in total. The van der Waals surface area contributed by atoms with Crippen molar-refractivity contribution in [3.63, 3.8) is 0 Å². The average Bonchev–Trinajstić information content (AvgIpc) is 2.17. The highest BCUT2D eigenvalue weighted by atomic mass is 16.5. The lowest BCUT2D eigenvalue weighted by molar-refractivity contribution is -0.143. The molecule has 0 aliphatic heterocycles. The second kappa shape index (κ2) is 6.43. The molecule has 0 heterocycles. The van der Waals surface area contributed by atoms with Gasteiger partial charge in [-0.2, -0.15) is 0 Å². The van der Waals surface area contributed by atoms with Crippen LogP contribution in [0.5, 0.6) is 0 Å². The molecule has 0 fully saturated rings. The van der Waals surface area contributed by atoms with Gasteiger partial charge in [0.05, 0.1) is 7.11 Å². The van der Waals surface area contributed by atoms with Crippen LogP contribution < -0.4 is 5.32 Å². The lowest BCUT2D eigenvalue weighted by Crippen LogP contribution is -2.42. The summed E-state index contributed by atoms with van der Waals surface area (Å²) in [6, 6.07) is -0.333. The first kappa shape index (κ1) is 11.9. The summed E-state index contributed by atoms with van der Waals surface area (Å²) in [5, 5.41) is 3.01. The van der Waals surface area contributed by atoms with Crippen LogP contribution in [0.4, 0.5) is 0 Å². The summed E-state index contributed by atoms with van der Waals surface area (Å²) >= 11 is 0. The van der Waals surface area contributed by atoms with E-state index in [-0.39, 0.29) is 17.9 Å². The van der Waals surface area contributed by atoms with Crippen molar-refractivity contribution in [2.45, 2.75) is 13.0 Å². The van der Waals surface area contributed by atoms with Crippen molar-refractivity contribution in [1.82, 2.24) is 5.32 Å². The highest BCUT2D eigenvalue weighted by Crippen LogP contribution is 2.05. The molecule has 0 amide bonds. The zero-order chi connectivity index (χ0) is 10.3. The molecule has 74 valence electrons. The summed E-state index contributed by atoms with van der Waals surface area (Å²) in [7, 11) is 1.38. The first-order valence-corrected chi connectivity index (χ1v) is 4.22. The molecule has 0 aliphatic carbocycles. The Hall–Kier alpha value is -1.09. The van der Waals surface area contributed by atoms with Gasteiger partial charge in [0, 0.05) is 6.54 Å².